The number of carboxylic acid groups (broad SMARTS) is 2. The van der Waals surface area contributed by atoms with E-state index in [2.05, 4.69) is 9.47 Å². The summed E-state index contributed by atoms with van der Waals surface area (Å²) in [5.74, 6) is -4.35. The van der Waals surface area contributed by atoms with E-state index in [9.17, 15) is 28.8 Å². The van der Waals surface area contributed by atoms with Gasteiger partial charge in [-0.05, 0) is 6.92 Å². The lowest BCUT2D eigenvalue weighted by molar-refractivity contribution is -0.150. The molecular formula is C15H18O11. The van der Waals surface area contributed by atoms with Crippen molar-refractivity contribution in [3.8, 4) is 0 Å². The summed E-state index contributed by atoms with van der Waals surface area (Å²) in [6.45, 7) is 1.17. The monoisotopic (exact) mass is 374 g/mol. The molecule has 144 valence electrons. The van der Waals surface area contributed by atoms with Crippen molar-refractivity contribution >= 4 is 35.6 Å². The molecule has 0 aromatic rings. The van der Waals surface area contributed by atoms with Crippen molar-refractivity contribution in [3.63, 3.8) is 0 Å². The highest BCUT2D eigenvalue weighted by molar-refractivity contribution is 6.04. The number of cyclic esters (lactones) is 2. The number of aliphatic hydroxyl groups excluding tert-OH is 1. The van der Waals surface area contributed by atoms with Crippen LogP contribution in [0.3, 0.4) is 0 Å². The molecule has 0 aliphatic carbocycles. The lowest BCUT2D eigenvalue weighted by atomic mass is 10.3. The van der Waals surface area contributed by atoms with Crippen LogP contribution < -0.4 is 0 Å². The summed E-state index contributed by atoms with van der Waals surface area (Å²) >= 11 is 0. The van der Waals surface area contributed by atoms with Crippen molar-refractivity contribution in [1.82, 2.24) is 0 Å². The highest BCUT2D eigenvalue weighted by Gasteiger charge is 2.10. The van der Waals surface area contributed by atoms with Gasteiger partial charge in [0.15, 0.2) is 0 Å². The second kappa shape index (κ2) is 15.2. The highest BCUT2D eigenvalue weighted by atomic mass is 16.6. The third-order valence-electron chi connectivity index (χ3n) is 1.94. The predicted molar refractivity (Wildman–Crippen MR) is 82.6 cm³/mol. The molecule has 0 amide bonds. The number of rotatable bonds is 7. The van der Waals surface area contributed by atoms with Gasteiger partial charge in [0.2, 0.25) is 0 Å². The first-order valence-corrected chi connectivity index (χ1v) is 6.92. The van der Waals surface area contributed by atoms with E-state index >= 15 is 0 Å². The average molecular weight is 374 g/mol. The molecule has 0 saturated carbocycles. The zero-order chi connectivity index (χ0) is 20.5. The van der Waals surface area contributed by atoms with Gasteiger partial charge in [0.25, 0.3) is 0 Å². The number of esters is 3. The molecule has 1 rings (SSSR count). The van der Waals surface area contributed by atoms with Crippen LogP contribution in [0.4, 0.5) is 0 Å². The quantitative estimate of drug-likeness (QED) is 0.289. The molecular weight excluding hydrogens is 356 g/mol. The van der Waals surface area contributed by atoms with E-state index in [1.165, 1.54) is 6.92 Å². The summed E-state index contributed by atoms with van der Waals surface area (Å²) in [6.07, 6.45) is 3.49. The molecule has 1 aliphatic heterocycles. The number of aliphatic carboxylic acids is 2. The van der Waals surface area contributed by atoms with E-state index in [1.54, 1.807) is 0 Å². The van der Waals surface area contributed by atoms with Gasteiger partial charge < -0.3 is 24.8 Å². The average Bonchev–Trinajstić information content (AvgIpc) is 2.89. The topological polar surface area (TPSA) is 182 Å². The molecule has 0 spiro atoms. The molecule has 1 aliphatic rings. The largest absolute Gasteiger partial charge is 0.481 e. The zero-order valence-corrected chi connectivity index (χ0v) is 13.7. The lowest BCUT2D eigenvalue weighted by Gasteiger charge is -1.96. The SMILES string of the molecule is CC(=O)CCO.O=C(O)/C=C\C(=O)OCCC(=O)O.O=C1C=CC(=O)O1. The summed E-state index contributed by atoms with van der Waals surface area (Å²) in [5.41, 5.74) is 0. The van der Waals surface area contributed by atoms with E-state index in [0.717, 1.165) is 12.2 Å². The van der Waals surface area contributed by atoms with Crippen LogP contribution >= 0.6 is 0 Å². The summed E-state index contributed by atoms with van der Waals surface area (Å²) in [4.78, 5) is 60.1. The van der Waals surface area contributed by atoms with Crippen molar-refractivity contribution in [1.29, 1.82) is 0 Å². The second-order valence-corrected chi connectivity index (χ2v) is 4.23. The molecule has 11 nitrogen and oxygen atoms in total. The van der Waals surface area contributed by atoms with Gasteiger partial charge in [-0.15, -0.1) is 0 Å². The fourth-order valence-corrected chi connectivity index (χ4v) is 0.887. The smallest absolute Gasteiger partial charge is 0.338 e. The third-order valence-corrected chi connectivity index (χ3v) is 1.94. The maximum atomic E-state index is 10.6. The first-order chi connectivity index (χ1) is 12.1. The summed E-state index contributed by atoms with van der Waals surface area (Å²) in [7, 11) is 0. The molecule has 0 unspecified atom stereocenters. The van der Waals surface area contributed by atoms with Gasteiger partial charge in [-0.25, -0.2) is 19.2 Å². The molecule has 0 saturated heterocycles. The molecule has 0 fully saturated rings. The fourth-order valence-electron chi connectivity index (χ4n) is 0.887. The lowest BCUT2D eigenvalue weighted by Crippen LogP contribution is -2.07. The number of hydrogen-bond donors (Lipinski definition) is 3. The van der Waals surface area contributed by atoms with E-state index in [1.807, 2.05) is 0 Å². The van der Waals surface area contributed by atoms with E-state index in [4.69, 9.17) is 15.3 Å². The predicted octanol–water partition coefficient (Wildman–Crippen LogP) is -0.771. The number of carbonyl (C=O) groups is 6. The Kier molecular flexibility index (Phi) is 14.6. The number of ketones is 1. The van der Waals surface area contributed by atoms with Crippen LogP contribution in [0.25, 0.3) is 0 Å². The summed E-state index contributed by atoms with van der Waals surface area (Å²) < 4.78 is 8.31. The first kappa shape index (κ1) is 24.9. The highest BCUT2D eigenvalue weighted by Crippen LogP contribution is 1.92. The third kappa shape index (κ3) is 20.7. The molecule has 11 heteroatoms. The van der Waals surface area contributed by atoms with Crippen LogP contribution in [0.5, 0.6) is 0 Å². The molecule has 0 aromatic carbocycles. The normalized spacial score (nSPS) is 11.6. The van der Waals surface area contributed by atoms with Crippen LogP contribution in [0.15, 0.2) is 24.3 Å². The fraction of sp³-hybridized carbons (Fsp3) is 0.333. The second-order valence-electron chi connectivity index (χ2n) is 4.23. The maximum Gasteiger partial charge on any atom is 0.338 e. The molecule has 3 N–H and O–H groups in total. The van der Waals surface area contributed by atoms with Crippen molar-refractivity contribution in [2.75, 3.05) is 13.2 Å². The first-order valence-electron chi connectivity index (χ1n) is 6.92. The zero-order valence-electron chi connectivity index (χ0n) is 13.7. The van der Waals surface area contributed by atoms with Crippen LogP contribution in [0, 0.1) is 0 Å². The van der Waals surface area contributed by atoms with Crippen LogP contribution in [0.2, 0.25) is 0 Å². The summed E-state index contributed by atoms with van der Waals surface area (Å²) in [5, 5.41) is 24.2. The van der Waals surface area contributed by atoms with Gasteiger partial charge >= 0.3 is 29.8 Å². The number of carbonyl (C=O) groups excluding carboxylic acids is 4. The van der Waals surface area contributed by atoms with E-state index in [-0.39, 0.29) is 25.4 Å². The Morgan fingerprint density at radius 2 is 1.58 bits per heavy atom. The van der Waals surface area contributed by atoms with Crippen LogP contribution in [-0.4, -0.2) is 64.2 Å². The van der Waals surface area contributed by atoms with E-state index in [0.29, 0.717) is 18.6 Å². The summed E-state index contributed by atoms with van der Waals surface area (Å²) in [6, 6.07) is 0. The van der Waals surface area contributed by atoms with Gasteiger partial charge in [-0.3, -0.25) is 9.59 Å². The van der Waals surface area contributed by atoms with Gasteiger partial charge in [-0.2, -0.15) is 0 Å². The molecule has 26 heavy (non-hydrogen) atoms. The van der Waals surface area contributed by atoms with Crippen molar-refractivity contribution in [3.05, 3.63) is 24.3 Å². The number of carboxylic acids is 2. The Balaban J connectivity index is 0. The molecule has 0 radical (unpaired) electrons. The Hall–Kier alpha value is -3.34. The van der Waals surface area contributed by atoms with Crippen molar-refractivity contribution in [2.24, 2.45) is 0 Å². The van der Waals surface area contributed by atoms with Crippen molar-refractivity contribution < 1.29 is 53.6 Å². The van der Waals surface area contributed by atoms with Crippen molar-refractivity contribution in [2.45, 2.75) is 19.8 Å². The van der Waals surface area contributed by atoms with E-state index < -0.39 is 29.8 Å². The minimum absolute atomic E-state index is 0.0185. The van der Waals surface area contributed by atoms with Gasteiger partial charge in [0.05, 0.1) is 6.42 Å². The standard InChI is InChI=1S/C7H8O6.C4H2O3.C4H8O2/c8-5(9)1-2-7(12)13-4-3-6(10)11;5-3-1-2-4(6)7-3;1-4(6)2-3-5/h1-2H,3-4H2,(H,8,9)(H,10,11);1-2H;5H,2-3H2,1H3/b2-1-;;. The molecule has 1 heterocycles. The number of aliphatic hydroxyl groups is 1. The van der Waals surface area contributed by atoms with Gasteiger partial charge in [0, 0.05) is 37.3 Å². The van der Waals surface area contributed by atoms with Gasteiger partial charge in [-0.1, -0.05) is 0 Å². The minimum Gasteiger partial charge on any atom is -0.481 e. The minimum atomic E-state index is -1.27. The Labute approximate surface area is 147 Å². The molecule has 0 aromatic heterocycles. The number of hydrogen-bond acceptors (Lipinski definition) is 9. The molecule has 0 bridgehead atoms. The van der Waals surface area contributed by atoms with Crippen LogP contribution in [0.1, 0.15) is 19.8 Å². The maximum absolute atomic E-state index is 10.6. The molecule has 0 atom stereocenters. The Morgan fingerprint density at radius 1 is 1.04 bits per heavy atom. The van der Waals surface area contributed by atoms with Crippen LogP contribution in [-0.2, 0) is 38.2 Å². The number of ether oxygens (including phenoxy) is 2. The Bertz CT molecular complexity index is 570. The Morgan fingerprint density at radius 3 is 1.85 bits per heavy atom. The van der Waals surface area contributed by atoms with Gasteiger partial charge in [0.1, 0.15) is 12.4 Å². The number of Topliss-reactive ketones (excluding diaryl/α,β-unsaturated/α-hetero) is 1.